The minimum Gasteiger partial charge on any atom is -0.205 e. The van der Waals surface area contributed by atoms with Crippen LogP contribution in [0.1, 0.15) is 5.56 Å². The average Bonchev–Trinajstić information content (AvgIpc) is 1.84. The summed E-state index contributed by atoms with van der Waals surface area (Å²) in [5.41, 5.74) is 1.01. The molecule has 3 heteroatoms. The second-order valence-corrected chi connectivity index (χ2v) is 3.58. The molecule has 0 aliphatic rings. The minimum atomic E-state index is -0.350. The van der Waals surface area contributed by atoms with E-state index in [9.17, 15) is 4.39 Å². The molecule has 1 rings (SSSR count). The van der Waals surface area contributed by atoms with Gasteiger partial charge in [-0.25, -0.2) is 4.39 Å². The third kappa shape index (κ3) is 1.61. The molecule has 0 nitrogen and oxygen atoms in total. The van der Waals surface area contributed by atoms with E-state index >= 15 is 0 Å². The molecular formula is C7H5ClFI. The van der Waals surface area contributed by atoms with Crippen LogP contribution < -0.4 is 0 Å². The zero-order valence-electron chi connectivity index (χ0n) is 5.29. The van der Waals surface area contributed by atoms with Crippen molar-refractivity contribution < 1.29 is 4.39 Å². The highest BCUT2D eigenvalue weighted by Gasteiger charge is 2.01. The standard InChI is InChI=1S/C7H5ClFI/c1-4-2-5(8)6(9)3-7(4)10/h2-3H,1H3. The van der Waals surface area contributed by atoms with Crippen LogP contribution in [0.15, 0.2) is 12.1 Å². The summed E-state index contributed by atoms with van der Waals surface area (Å²) in [6.45, 7) is 1.90. The van der Waals surface area contributed by atoms with E-state index in [0.29, 0.717) is 0 Å². The Morgan fingerprint density at radius 3 is 2.60 bits per heavy atom. The van der Waals surface area contributed by atoms with E-state index in [0.717, 1.165) is 9.13 Å². The van der Waals surface area contributed by atoms with Crippen molar-refractivity contribution in [1.82, 2.24) is 0 Å². The molecule has 0 aliphatic carbocycles. The zero-order valence-corrected chi connectivity index (χ0v) is 8.20. The van der Waals surface area contributed by atoms with Gasteiger partial charge in [-0.15, -0.1) is 0 Å². The molecule has 0 saturated carbocycles. The van der Waals surface area contributed by atoms with Crippen molar-refractivity contribution in [2.45, 2.75) is 6.92 Å². The Balaban J connectivity index is 3.28. The van der Waals surface area contributed by atoms with Gasteiger partial charge in [0.05, 0.1) is 5.02 Å². The Kier molecular flexibility index (Phi) is 2.52. The van der Waals surface area contributed by atoms with Crippen LogP contribution in [0, 0.1) is 16.3 Å². The molecule has 0 heterocycles. The number of hydrogen-bond donors (Lipinski definition) is 0. The maximum atomic E-state index is 12.6. The summed E-state index contributed by atoms with van der Waals surface area (Å²) >= 11 is 7.58. The fourth-order valence-electron chi connectivity index (χ4n) is 0.622. The van der Waals surface area contributed by atoms with Gasteiger partial charge >= 0.3 is 0 Å². The van der Waals surface area contributed by atoms with Crippen LogP contribution in [0.25, 0.3) is 0 Å². The van der Waals surface area contributed by atoms with Crippen LogP contribution in [0.5, 0.6) is 0 Å². The van der Waals surface area contributed by atoms with Crippen molar-refractivity contribution in [3.05, 3.63) is 32.1 Å². The normalized spacial score (nSPS) is 10.0. The van der Waals surface area contributed by atoms with Gasteiger partial charge < -0.3 is 0 Å². The SMILES string of the molecule is Cc1cc(Cl)c(F)cc1I. The van der Waals surface area contributed by atoms with E-state index in [4.69, 9.17) is 11.6 Å². The van der Waals surface area contributed by atoms with Crippen LogP contribution >= 0.6 is 34.2 Å². The first-order valence-corrected chi connectivity index (χ1v) is 4.18. The molecule has 0 unspecified atom stereocenters. The fraction of sp³-hybridized carbons (Fsp3) is 0.143. The van der Waals surface area contributed by atoms with Gasteiger partial charge in [-0.1, -0.05) is 11.6 Å². The van der Waals surface area contributed by atoms with Crippen molar-refractivity contribution in [2.75, 3.05) is 0 Å². The molecular weight excluding hydrogens is 265 g/mol. The smallest absolute Gasteiger partial charge is 0.142 e. The quantitative estimate of drug-likeness (QED) is 0.501. The molecule has 0 atom stereocenters. The van der Waals surface area contributed by atoms with Crippen molar-refractivity contribution in [3.63, 3.8) is 0 Å². The summed E-state index contributed by atoms with van der Waals surface area (Å²) in [6.07, 6.45) is 0. The summed E-state index contributed by atoms with van der Waals surface area (Å²) in [6, 6.07) is 3.05. The molecule has 54 valence electrons. The molecule has 10 heavy (non-hydrogen) atoms. The van der Waals surface area contributed by atoms with E-state index < -0.39 is 0 Å². The first-order chi connectivity index (χ1) is 4.61. The largest absolute Gasteiger partial charge is 0.205 e. The van der Waals surface area contributed by atoms with Gasteiger partial charge in [0.2, 0.25) is 0 Å². The second kappa shape index (κ2) is 3.05. The van der Waals surface area contributed by atoms with Gasteiger partial charge in [-0.2, -0.15) is 0 Å². The lowest BCUT2D eigenvalue weighted by Gasteiger charge is -1.98. The Morgan fingerprint density at radius 1 is 1.50 bits per heavy atom. The predicted molar refractivity (Wildman–Crippen MR) is 48.9 cm³/mol. The summed E-state index contributed by atoms with van der Waals surface area (Å²) < 4.78 is 13.5. The third-order valence-corrected chi connectivity index (χ3v) is 2.65. The predicted octanol–water partition coefficient (Wildman–Crippen LogP) is 3.39. The number of halogens is 3. The minimum absolute atomic E-state index is 0.193. The van der Waals surface area contributed by atoms with Crippen molar-refractivity contribution in [1.29, 1.82) is 0 Å². The molecule has 0 aliphatic heterocycles. The van der Waals surface area contributed by atoms with Gasteiger partial charge in [0, 0.05) is 3.57 Å². The van der Waals surface area contributed by atoms with Crippen LogP contribution in [0.3, 0.4) is 0 Å². The first-order valence-electron chi connectivity index (χ1n) is 2.72. The lowest BCUT2D eigenvalue weighted by molar-refractivity contribution is 0.627. The lowest BCUT2D eigenvalue weighted by atomic mass is 10.2. The van der Waals surface area contributed by atoms with E-state index in [-0.39, 0.29) is 10.8 Å². The fourth-order valence-corrected chi connectivity index (χ4v) is 1.27. The lowest BCUT2D eigenvalue weighted by Crippen LogP contribution is -1.83. The monoisotopic (exact) mass is 270 g/mol. The van der Waals surface area contributed by atoms with Gasteiger partial charge in [-0.05, 0) is 47.2 Å². The Bertz CT molecular complexity index is 210. The Morgan fingerprint density at radius 2 is 2.10 bits per heavy atom. The van der Waals surface area contributed by atoms with Gasteiger partial charge in [0.1, 0.15) is 5.82 Å². The molecule has 0 saturated heterocycles. The van der Waals surface area contributed by atoms with Gasteiger partial charge in [0.25, 0.3) is 0 Å². The van der Waals surface area contributed by atoms with Gasteiger partial charge in [0.15, 0.2) is 0 Å². The van der Waals surface area contributed by atoms with Crippen molar-refractivity contribution in [3.8, 4) is 0 Å². The van der Waals surface area contributed by atoms with Crippen molar-refractivity contribution >= 4 is 34.2 Å². The number of rotatable bonds is 0. The summed E-state index contributed by atoms with van der Waals surface area (Å²) in [7, 11) is 0. The highest BCUT2D eigenvalue weighted by Crippen LogP contribution is 2.20. The summed E-state index contributed by atoms with van der Waals surface area (Å²) in [4.78, 5) is 0. The summed E-state index contributed by atoms with van der Waals surface area (Å²) in [5.74, 6) is -0.350. The van der Waals surface area contributed by atoms with Crippen LogP contribution in [-0.2, 0) is 0 Å². The topological polar surface area (TPSA) is 0 Å². The molecule has 0 radical (unpaired) electrons. The maximum Gasteiger partial charge on any atom is 0.142 e. The number of aryl methyl sites for hydroxylation is 1. The van der Waals surface area contributed by atoms with E-state index in [1.54, 1.807) is 6.07 Å². The molecule has 0 bridgehead atoms. The number of hydrogen-bond acceptors (Lipinski definition) is 0. The highest BCUT2D eigenvalue weighted by molar-refractivity contribution is 14.1. The van der Waals surface area contributed by atoms with Crippen LogP contribution in [-0.4, -0.2) is 0 Å². The molecule has 0 spiro atoms. The van der Waals surface area contributed by atoms with Crippen LogP contribution in [0.4, 0.5) is 4.39 Å². The molecule has 0 amide bonds. The molecule has 0 fully saturated rings. The third-order valence-electron chi connectivity index (χ3n) is 1.20. The molecule has 1 aromatic carbocycles. The van der Waals surface area contributed by atoms with Crippen molar-refractivity contribution in [2.24, 2.45) is 0 Å². The average molecular weight is 270 g/mol. The van der Waals surface area contributed by atoms with E-state index in [2.05, 4.69) is 22.6 Å². The van der Waals surface area contributed by atoms with Gasteiger partial charge in [-0.3, -0.25) is 0 Å². The Hall–Kier alpha value is 0.170. The zero-order chi connectivity index (χ0) is 7.72. The van der Waals surface area contributed by atoms with Crippen LogP contribution in [0.2, 0.25) is 5.02 Å². The summed E-state index contributed by atoms with van der Waals surface area (Å²) in [5, 5.41) is 0.193. The second-order valence-electron chi connectivity index (χ2n) is 2.02. The van der Waals surface area contributed by atoms with E-state index in [1.807, 2.05) is 6.92 Å². The Labute approximate surface area is 77.5 Å². The molecule has 0 aromatic heterocycles. The van der Waals surface area contributed by atoms with E-state index in [1.165, 1.54) is 6.07 Å². The maximum absolute atomic E-state index is 12.6. The molecule has 0 N–H and O–H groups in total. The highest BCUT2D eigenvalue weighted by atomic mass is 127. The number of benzene rings is 1. The molecule has 1 aromatic rings. The first kappa shape index (κ1) is 8.27.